The number of nitrogens with one attached hydrogen (secondary N) is 2. The van der Waals surface area contributed by atoms with Crippen LogP contribution in [0.15, 0.2) is 41.7 Å². The van der Waals surface area contributed by atoms with Crippen molar-refractivity contribution < 1.29 is 0 Å². The molecule has 1 aliphatic rings. The van der Waals surface area contributed by atoms with E-state index in [9.17, 15) is 0 Å². The van der Waals surface area contributed by atoms with Crippen LogP contribution in [-0.2, 0) is 19.5 Å². The van der Waals surface area contributed by atoms with Crippen molar-refractivity contribution >= 4 is 29.9 Å². The molecule has 0 unspecified atom stereocenters. The standard InChI is InChI=1S/C22H35N7.HI/c1-4-21-27-24-17-29(21)15-12-23-22(25-18(2)3)26-20-10-13-28(14-11-20)16-19-8-6-5-7-9-19;/h5-9,17-18,20H,4,10-16H2,1-3H3,(H2,23,25,26);1H. The van der Waals surface area contributed by atoms with Crippen LogP contribution >= 0.6 is 24.0 Å². The summed E-state index contributed by atoms with van der Waals surface area (Å²) < 4.78 is 2.08. The van der Waals surface area contributed by atoms with Gasteiger partial charge in [-0.15, -0.1) is 34.2 Å². The molecule has 30 heavy (non-hydrogen) atoms. The lowest BCUT2D eigenvalue weighted by Gasteiger charge is -2.33. The number of guanidine groups is 1. The Labute approximate surface area is 197 Å². The molecule has 2 N–H and O–H groups in total. The molecular formula is C22H36IN7. The normalized spacial score (nSPS) is 15.8. The van der Waals surface area contributed by atoms with Gasteiger partial charge in [-0.2, -0.15) is 0 Å². The molecule has 3 rings (SSSR count). The maximum absolute atomic E-state index is 4.80. The summed E-state index contributed by atoms with van der Waals surface area (Å²) in [5.41, 5.74) is 1.39. The van der Waals surface area contributed by atoms with Crippen LogP contribution in [0.3, 0.4) is 0 Å². The SMILES string of the molecule is CCc1nncn1CCN=C(NC(C)C)NC1CCN(Cc2ccccc2)CC1.I. The minimum Gasteiger partial charge on any atom is -0.354 e. The molecule has 0 bridgehead atoms. The minimum absolute atomic E-state index is 0. The average molecular weight is 525 g/mol. The molecule has 0 radical (unpaired) electrons. The molecule has 166 valence electrons. The van der Waals surface area contributed by atoms with E-state index in [0.717, 1.165) is 57.2 Å². The van der Waals surface area contributed by atoms with Gasteiger partial charge in [0.1, 0.15) is 12.2 Å². The van der Waals surface area contributed by atoms with Crippen molar-refractivity contribution in [2.24, 2.45) is 4.99 Å². The van der Waals surface area contributed by atoms with E-state index in [1.54, 1.807) is 6.33 Å². The number of aliphatic imine (C=N–C) groups is 1. The van der Waals surface area contributed by atoms with E-state index < -0.39 is 0 Å². The Morgan fingerprint density at radius 1 is 1.20 bits per heavy atom. The number of likely N-dealkylation sites (tertiary alicyclic amines) is 1. The third-order valence-corrected chi connectivity index (χ3v) is 5.23. The number of aryl methyl sites for hydroxylation is 1. The van der Waals surface area contributed by atoms with Gasteiger partial charge in [0.25, 0.3) is 0 Å². The number of halogens is 1. The Bertz CT molecular complexity index is 752. The highest BCUT2D eigenvalue weighted by Crippen LogP contribution is 2.13. The second kappa shape index (κ2) is 12.9. The highest BCUT2D eigenvalue weighted by atomic mass is 127. The molecule has 1 aromatic heterocycles. The van der Waals surface area contributed by atoms with Gasteiger partial charge < -0.3 is 15.2 Å². The van der Waals surface area contributed by atoms with Crippen molar-refractivity contribution in [3.05, 3.63) is 48.0 Å². The quantitative estimate of drug-likeness (QED) is 0.315. The maximum atomic E-state index is 4.80. The van der Waals surface area contributed by atoms with E-state index in [-0.39, 0.29) is 24.0 Å². The zero-order valence-electron chi connectivity index (χ0n) is 18.4. The highest BCUT2D eigenvalue weighted by Gasteiger charge is 2.20. The summed E-state index contributed by atoms with van der Waals surface area (Å²) >= 11 is 0. The first-order chi connectivity index (χ1) is 14.1. The summed E-state index contributed by atoms with van der Waals surface area (Å²) in [4.78, 5) is 7.34. The van der Waals surface area contributed by atoms with E-state index in [1.807, 2.05) is 0 Å². The molecule has 1 aliphatic heterocycles. The molecule has 7 nitrogen and oxygen atoms in total. The van der Waals surface area contributed by atoms with Gasteiger partial charge >= 0.3 is 0 Å². The fraction of sp³-hybridized carbons (Fsp3) is 0.591. The minimum atomic E-state index is 0. The van der Waals surface area contributed by atoms with E-state index in [0.29, 0.717) is 18.6 Å². The van der Waals surface area contributed by atoms with Crippen LogP contribution in [0, 0.1) is 0 Å². The maximum Gasteiger partial charge on any atom is 0.191 e. The second-order valence-electron chi connectivity index (χ2n) is 8.00. The van der Waals surface area contributed by atoms with Crippen molar-refractivity contribution in [3.8, 4) is 0 Å². The summed E-state index contributed by atoms with van der Waals surface area (Å²) in [6, 6.07) is 11.5. The van der Waals surface area contributed by atoms with Gasteiger partial charge in [0.15, 0.2) is 5.96 Å². The van der Waals surface area contributed by atoms with Gasteiger partial charge in [-0.05, 0) is 32.3 Å². The van der Waals surface area contributed by atoms with Crippen molar-refractivity contribution in [2.45, 2.75) is 65.2 Å². The summed E-state index contributed by atoms with van der Waals surface area (Å²) in [6.45, 7) is 11.2. The molecule has 1 aromatic carbocycles. The van der Waals surface area contributed by atoms with Crippen LogP contribution in [0.4, 0.5) is 0 Å². The van der Waals surface area contributed by atoms with E-state index in [4.69, 9.17) is 4.99 Å². The van der Waals surface area contributed by atoms with Gasteiger partial charge in [0, 0.05) is 44.7 Å². The molecule has 0 saturated carbocycles. The van der Waals surface area contributed by atoms with Gasteiger partial charge in [0.05, 0.1) is 6.54 Å². The molecule has 0 atom stereocenters. The summed E-state index contributed by atoms with van der Waals surface area (Å²) in [5, 5.41) is 15.3. The number of nitrogens with zero attached hydrogens (tertiary/aromatic N) is 5. The number of hydrogen-bond acceptors (Lipinski definition) is 4. The zero-order chi connectivity index (χ0) is 20.5. The number of piperidine rings is 1. The van der Waals surface area contributed by atoms with Crippen LogP contribution < -0.4 is 10.6 Å². The predicted octanol–water partition coefficient (Wildman–Crippen LogP) is 3.07. The topological polar surface area (TPSA) is 70.4 Å². The number of aromatic nitrogens is 3. The van der Waals surface area contributed by atoms with Crippen LogP contribution in [0.2, 0.25) is 0 Å². The molecule has 1 saturated heterocycles. The molecule has 0 aliphatic carbocycles. The Hall–Kier alpha value is -1.68. The van der Waals surface area contributed by atoms with Crippen LogP contribution in [0.1, 0.15) is 45.0 Å². The largest absolute Gasteiger partial charge is 0.354 e. The first-order valence-electron chi connectivity index (χ1n) is 10.8. The van der Waals surface area contributed by atoms with E-state index in [2.05, 4.69) is 81.4 Å². The monoisotopic (exact) mass is 525 g/mol. The van der Waals surface area contributed by atoms with Crippen molar-refractivity contribution in [3.63, 3.8) is 0 Å². The Balaban J connectivity index is 0.00000320. The lowest BCUT2D eigenvalue weighted by atomic mass is 10.0. The zero-order valence-corrected chi connectivity index (χ0v) is 20.8. The lowest BCUT2D eigenvalue weighted by molar-refractivity contribution is 0.198. The molecule has 2 aromatic rings. The Morgan fingerprint density at radius 3 is 2.60 bits per heavy atom. The molecule has 0 spiro atoms. The average Bonchev–Trinajstić information content (AvgIpc) is 3.17. The van der Waals surface area contributed by atoms with E-state index >= 15 is 0 Å². The molecule has 1 fully saturated rings. The van der Waals surface area contributed by atoms with Crippen molar-refractivity contribution in [1.29, 1.82) is 0 Å². The predicted molar refractivity (Wildman–Crippen MR) is 133 cm³/mol. The molecule has 8 heteroatoms. The van der Waals surface area contributed by atoms with Gasteiger partial charge in [0.2, 0.25) is 0 Å². The third kappa shape index (κ3) is 7.86. The molecule has 2 heterocycles. The van der Waals surface area contributed by atoms with E-state index in [1.165, 1.54) is 5.56 Å². The summed E-state index contributed by atoms with van der Waals surface area (Å²) in [6.07, 6.45) is 4.95. The fourth-order valence-electron chi connectivity index (χ4n) is 3.69. The smallest absolute Gasteiger partial charge is 0.191 e. The van der Waals surface area contributed by atoms with Crippen LogP contribution in [0.5, 0.6) is 0 Å². The van der Waals surface area contributed by atoms with Gasteiger partial charge in [-0.1, -0.05) is 37.3 Å². The van der Waals surface area contributed by atoms with Crippen molar-refractivity contribution in [2.75, 3.05) is 19.6 Å². The number of hydrogen-bond donors (Lipinski definition) is 2. The Morgan fingerprint density at radius 2 is 1.93 bits per heavy atom. The lowest BCUT2D eigenvalue weighted by Crippen LogP contribution is -2.50. The summed E-state index contributed by atoms with van der Waals surface area (Å²) in [7, 11) is 0. The van der Waals surface area contributed by atoms with Gasteiger partial charge in [-0.3, -0.25) is 9.89 Å². The van der Waals surface area contributed by atoms with Crippen molar-refractivity contribution in [1.82, 2.24) is 30.3 Å². The van der Waals surface area contributed by atoms with Gasteiger partial charge in [-0.25, -0.2) is 0 Å². The first kappa shape index (κ1) is 24.6. The fourth-order valence-corrected chi connectivity index (χ4v) is 3.69. The first-order valence-corrected chi connectivity index (χ1v) is 10.8. The van der Waals surface area contributed by atoms with Crippen LogP contribution in [-0.4, -0.2) is 57.3 Å². The summed E-state index contributed by atoms with van der Waals surface area (Å²) in [5.74, 6) is 1.92. The highest BCUT2D eigenvalue weighted by molar-refractivity contribution is 14.0. The number of benzene rings is 1. The second-order valence-corrected chi connectivity index (χ2v) is 8.00. The Kier molecular flexibility index (Phi) is 10.6. The van der Waals surface area contributed by atoms with Crippen LogP contribution in [0.25, 0.3) is 0 Å². The molecular weight excluding hydrogens is 489 g/mol. The molecule has 0 amide bonds. The third-order valence-electron chi connectivity index (χ3n) is 5.23. The number of rotatable bonds is 8.